The van der Waals surface area contributed by atoms with Gasteiger partial charge in [-0.25, -0.2) is 0 Å². The number of benzene rings is 3. The van der Waals surface area contributed by atoms with Gasteiger partial charge in [0, 0.05) is 18.3 Å². The van der Waals surface area contributed by atoms with E-state index >= 15 is 0 Å². The lowest BCUT2D eigenvalue weighted by atomic mass is 9.74. The van der Waals surface area contributed by atoms with Crippen molar-refractivity contribution in [2.24, 2.45) is 5.41 Å². The zero-order chi connectivity index (χ0) is 23.8. The first-order chi connectivity index (χ1) is 16.6. The molecule has 0 aromatic heterocycles. The standard InChI is InChI=1S/C30H35NO2S/c1-30(22-24-12-5-2-6-13-24,28(32)26-16-9-4-10-17-26)29(33)31-20-11-18-27(31)19-21-34-23-25-14-7-3-8-15-25/h2-10,12-17,27-28,32H,11,18-23H2,1H3/t27-,28-,30+/m0/s1. The first-order valence-corrected chi connectivity index (χ1v) is 13.4. The van der Waals surface area contributed by atoms with Gasteiger partial charge in [0.25, 0.3) is 0 Å². The zero-order valence-electron chi connectivity index (χ0n) is 20.0. The molecule has 0 radical (unpaired) electrons. The molecule has 4 rings (SSSR count). The van der Waals surface area contributed by atoms with E-state index in [-0.39, 0.29) is 11.9 Å². The Bertz CT molecular complexity index is 1030. The van der Waals surface area contributed by atoms with Crippen LogP contribution in [0.15, 0.2) is 91.0 Å². The third-order valence-corrected chi connectivity index (χ3v) is 8.03. The van der Waals surface area contributed by atoms with Crippen LogP contribution in [0.3, 0.4) is 0 Å². The van der Waals surface area contributed by atoms with Gasteiger partial charge in [0.05, 0.1) is 11.5 Å². The fourth-order valence-electron chi connectivity index (χ4n) is 5.03. The van der Waals surface area contributed by atoms with E-state index in [4.69, 9.17) is 0 Å². The van der Waals surface area contributed by atoms with Crippen LogP contribution < -0.4 is 0 Å². The van der Waals surface area contributed by atoms with Crippen molar-refractivity contribution in [3.05, 3.63) is 108 Å². The van der Waals surface area contributed by atoms with Gasteiger partial charge in [0.2, 0.25) is 5.91 Å². The number of aliphatic hydroxyl groups excluding tert-OH is 1. The molecule has 0 aliphatic carbocycles. The molecule has 3 aromatic carbocycles. The predicted octanol–water partition coefficient (Wildman–Crippen LogP) is 6.28. The van der Waals surface area contributed by atoms with Crippen molar-refractivity contribution in [1.82, 2.24) is 4.90 Å². The molecular weight excluding hydrogens is 438 g/mol. The molecule has 1 amide bonds. The molecule has 1 heterocycles. The second-order valence-corrected chi connectivity index (χ2v) is 10.6. The highest BCUT2D eigenvalue weighted by Crippen LogP contribution is 2.41. The number of carbonyl (C=O) groups excluding carboxylic acids is 1. The Morgan fingerprint density at radius 3 is 2.21 bits per heavy atom. The highest BCUT2D eigenvalue weighted by Gasteiger charge is 2.46. The van der Waals surface area contributed by atoms with Gasteiger partial charge in [-0.05, 0) is 55.1 Å². The molecule has 178 valence electrons. The second-order valence-electron chi connectivity index (χ2n) is 9.51. The van der Waals surface area contributed by atoms with Gasteiger partial charge in [-0.1, -0.05) is 91.0 Å². The summed E-state index contributed by atoms with van der Waals surface area (Å²) in [6.07, 6.45) is 2.71. The number of likely N-dealkylation sites (tertiary alicyclic amines) is 1. The van der Waals surface area contributed by atoms with Crippen LogP contribution in [0.1, 0.15) is 49.0 Å². The van der Waals surface area contributed by atoms with E-state index < -0.39 is 11.5 Å². The summed E-state index contributed by atoms with van der Waals surface area (Å²) in [5.41, 5.74) is 2.28. The van der Waals surface area contributed by atoms with Crippen LogP contribution in [0.5, 0.6) is 0 Å². The maximum absolute atomic E-state index is 14.1. The highest BCUT2D eigenvalue weighted by molar-refractivity contribution is 7.98. The van der Waals surface area contributed by atoms with Gasteiger partial charge < -0.3 is 10.0 Å². The molecule has 3 atom stereocenters. The topological polar surface area (TPSA) is 40.5 Å². The second kappa shape index (κ2) is 11.7. The molecule has 0 bridgehead atoms. The Hall–Kier alpha value is -2.56. The number of carbonyl (C=O) groups is 1. The Kier molecular flexibility index (Phi) is 8.47. The summed E-state index contributed by atoms with van der Waals surface area (Å²) < 4.78 is 0. The first-order valence-electron chi connectivity index (χ1n) is 12.3. The molecule has 4 heteroatoms. The SMILES string of the molecule is C[C@](Cc1ccccc1)(C(=O)N1CCC[C@H]1CCSCc1ccccc1)[C@@H](O)c1ccccc1. The number of aliphatic hydroxyl groups is 1. The van der Waals surface area contributed by atoms with Crippen molar-refractivity contribution in [3.63, 3.8) is 0 Å². The maximum atomic E-state index is 14.1. The number of hydrogen-bond donors (Lipinski definition) is 1. The van der Waals surface area contributed by atoms with Gasteiger partial charge in [0.1, 0.15) is 0 Å². The number of rotatable bonds is 10. The largest absolute Gasteiger partial charge is 0.387 e. The monoisotopic (exact) mass is 473 g/mol. The van der Waals surface area contributed by atoms with Crippen molar-refractivity contribution in [1.29, 1.82) is 0 Å². The summed E-state index contributed by atoms with van der Waals surface area (Å²) in [7, 11) is 0. The fraction of sp³-hybridized carbons (Fsp3) is 0.367. The van der Waals surface area contributed by atoms with Crippen LogP contribution in [-0.2, 0) is 17.0 Å². The minimum absolute atomic E-state index is 0.0725. The number of nitrogens with zero attached hydrogens (tertiary/aromatic N) is 1. The number of thioether (sulfide) groups is 1. The molecule has 3 nitrogen and oxygen atoms in total. The molecule has 0 saturated carbocycles. The summed E-state index contributed by atoms with van der Waals surface area (Å²) in [5.74, 6) is 2.10. The normalized spacial score (nSPS) is 18.4. The fourth-order valence-corrected chi connectivity index (χ4v) is 6.04. The number of amides is 1. The Labute approximate surface area is 208 Å². The van der Waals surface area contributed by atoms with E-state index in [0.717, 1.165) is 48.4 Å². The zero-order valence-corrected chi connectivity index (χ0v) is 20.8. The van der Waals surface area contributed by atoms with Gasteiger partial charge in [-0.2, -0.15) is 11.8 Å². The van der Waals surface area contributed by atoms with Gasteiger partial charge >= 0.3 is 0 Å². The molecule has 1 saturated heterocycles. The summed E-state index contributed by atoms with van der Waals surface area (Å²) in [6, 6.07) is 30.5. The van der Waals surface area contributed by atoms with Crippen LogP contribution in [-0.4, -0.2) is 34.3 Å². The molecule has 0 unspecified atom stereocenters. The third kappa shape index (κ3) is 5.92. The van der Waals surface area contributed by atoms with Crippen molar-refractivity contribution in [2.75, 3.05) is 12.3 Å². The highest BCUT2D eigenvalue weighted by atomic mass is 32.2. The average Bonchev–Trinajstić information content (AvgIpc) is 3.36. The van der Waals surface area contributed by atoms with E-state index in [1.807, 2.05) is 85.4 Å². The van der Waals surface area contributed by atoms with Crippen molar-refractivity contribution in [3.8, 4) is 0 Å². The summed E-state index contributed by atoms with van der Waals surface area (Å²) in [6.45, 7) is 2.72. The molecular formula is C30H35NO2S. The Morgan fingerprint density at radius 2 is 1.56 bits per heavy atom. The minimum Gasteiger partial charge on any atom is -0.387 e. The molecule has 1 fully saturated rings. The van der Waals surface area contributed by atoms with E-state index in [9.17, 15) is 9.90 Å². The van der Waals surface area contributed by atoms with E-state index in [0.29, 0.717) is 6.42 Å². The van der Waals surface area contributed by atoms with Gasteiger partial charge in [0.15, 0.2) is 0 Å². The van der Waals surface area contributed by atoms with E-state index in [1.165, 1.54) is 5.56 Å². The molecule has 1 aliphatic heterocycles. The van der Waals surface area contributed by atoms with E-state index in [2.05, 4.69) is 29.2 Å². The Balaban J connectivity index is 1.48. The predicted molar refractivity (Wildman–Crippen MR) is 142 cm³/mol. The minimum atomic E-state index is -0.928. The van der Waals surface area contributed by atoms with Crippen molar-refractivity contribution < 1.29 is 9.90 Å². The first kappa shape index (κ1) is 24.6. The lowest BCUT2D eigenvalue weighted by molar-refractivity contribution is -0.149. The smallest absolute Gasteiger partial charge is 0.232 e. The number of hydrogen-bond acceptors (Lipinski definition) is 3. The van der Waals surface area contributed by atoms with E-state index in [1.54, 1.807) is 0 Å². The molecule has 1 aliphatic rings. The molecule has 34 heavy (non-hydrogen) atoms. The Morgan fingerprint density at radius 1 is 0.971 bits per heavy atom. The van der Waals surface area contributed by atoms with Crippen LogP contribution in [0.25, 0.3) is 0 Å². The van der Waals surface area contributed by atoms with Crippen LogP contribution in [0.2, 0.25) is 0 Å². The van der Waals surface area contributed by atoms with Gasteiger partial charge in [-0.3, -0.25) is 4.79 Å². The molecule has 0 spiro atoms. The summed E-state index contributed by atoms with van der Waals surface area (Å²) >= 11 is 1.93. The maximum Gasteiger partial charge on any atom is 0.232 e. The summed E-state index contributed by atoms with van der Waals surface area (Å²) in [4.78, 5) is 16.2. The molecule has 3 aromatic rings. The van der Waals surface area contributed by atoms with Crippen molar-refractivity contribution in [2.45, 2.75) is 50.5 Å². The average molecular weight is 474 g/mol. The lowest BCUT2D eigenvalue weighted by Crippen LogP contribution is -2.49. The third-order valence-electron chi connectivity index (χ3n) is 6.97. The summed E-state index contributed by atoms with van der Waals surface area (Å²) in [5, 5.41) is 11.5. The van der Waals surface area contributed by atoms with Crippen molar-refractivity contribution >= 4 is 17.7 Å². The quantitative estimate of drug-likeness (QED) is 0.352. The molecule has 1 N–H and O–H groups in total. The van der Waals surface area contributed by atoms with Crippen LogP contribution >= 0.6 is 11.8 Å². The van der Waals surface area contributed by atoms with Crippen LogP contribution in [0.4, 0.5) is 0 Å². The van der Waals surface area contributed by atoms with Crippen LogP contribution in [0, 0.1) is 5.41 Å². The van der Waals surface area contributed by atoms with Gasteiger partial charge in [-0.15, -0.1) is 0 Å². The lowest BCUT2D eigenvalue weighted by Gasteiger charge is -2.39.